The maximum atomic E-state index is 11.5. The molecule has 1 aliphatic heterocycles. The number of rotatable bonds is 5. The smallest absolute Gasteiger partial charge is 0.175 e. The molecule has 1 N–H and O–H groups in total. The van der Waals surface area contributed by atoms with Crippen molar-refractivity contribution in [3.05, 3.63) is 29.8 Å². The van der Waals surface area contributed by atoms with Gasteiger partial charge in [-0.25, -0.2) is 8.42 Å². The Hall–Kier alpha value is -0.910. The van der Waals surface area contributed by atoms with Gasteiger partial charge in [0.1, 0.15) is 0 Å². The molecule has 2 atom stereocenters. The van der Waals surface area contributed by atoms with Gasteiger partial charge in [-0.3, -0.25) is 4.90 Å². The number of piperidine rings is 1. The van der Waals surface area contributed by atoms with Crippen molar-refractivity contribution in [3.63, 3.8) is 0 Å². The number of hydrogen-bond donors (Lipinski definition) is 1. The van der Waals surface area contributed by atoms with Crippen LogP contribution in [0.5, 0.6) is 0 Å². The minimum Gasteiger partial charge on any atom is -0.314 e. The minimum absolute atomic E-state index is 0.394. The third-order valence-corrected chi connectivity index (χ3v) is 5.34. The van der Waals surface area contributed by atoms with E-state index >= 15 is 0 Å². The number of sulfone groups is 1. The molecule has 0 aromatic heterocycles. The summed E-state index contributed by atoms with van der Waals surface area (Å²) < 4.78 is 22.9. The fourth-order valence-corrected chi connectivity index (χ4v) is 3.67. The van der Waals surface area contributed by atoms with Crippen molar-refractivity contribution in [2.75, 3.05) is 25.9 Å². The molecule has 118 valence electrons. The number of nitrogens with one attached hydrogen (secondary N) is 1. The van der Waals surface area contributed by atoms with Crippen molar-refractivity contribution in [2.24, 2.45) is 5.92 Å². The molecule has 1 aromatic rings. The molecule has 0 aliphatic carbocycles. The second-order valence-electron chi connectivity index (χ2n) is 6.08. The van der Waals surface area contributed by atoms with E-state index in [2.05, 4.69) is 24.1 Å². The summed E-state index contributed by atoms with van der Waals surface area (Å²) in [5.41, 5.74) is 1.18. The predicted molar refractivity (Wildman–Crippen MR) is 86.1 cm³/mol. The quantitative estimate of drug-likeness (QED) is 0.902. The fraction of sp³-hybridized carbons (Fsp3) is 0.625. The van der Waals surface area contributed by atoms with Crippen molar-refractivity contribution in [1.29, 1.82) is 0 Å². The average molecular weight is 310 g/mol. The zero-order valence-electron chi connectivity index (χ0n) is 13.2. The monoisotopic (exact) mass is 310 g/mol. The first-order valence-electron chi connectivity index (χ1n) is 7.65. The van der Waals surface area contributed by atoms with Gasteiger partial charge in [0.05, 0.1) is 4.90 Å². The Morgan fingerprint density at radius 1 is 1.29 bits per heavy atom. The molecule has 4 nitrogen and oxygen atoms in total. The Morgan fingerprint density at radius 2 is 1.95 bits per heavy atom. The van der Waals surface area contributed by atoms with E-state index in [9.17, 15) is 8.42 Å². The topological polar surface area (TPSA) is 49.4 Å². The molecule has 1 aliphatic rings. The van der Waals surface area contributed by atoms with Gasteiger partial charge in [0.15, 0.2) is 9.84 Å². The summed E-state index contributed by atoms with van der Waals surface area (Å²) in [5, 5.41) is 3.55. The summed E-state index contributed by atoms with van der Waals surface area (Å²) in [6, 6.07) is 7.90. The molecule has 5 heteroatoms. The molecule has 2 rings (SSSR count). The zero-order chi connectivity index (χ0) is 15.5. The first-order chi connectivity index (χ1) is 9.90. The first kappa shape index (κ1) is 16.5. The van der Waals surface area contributed by atoms with Gasteiger partial charge < -0.3 is 5.32 Å². The Balaban J connectivity index is 1.94. The van der Waals surface area contributed by atoms with E-state index in [1.807, 2.05) is 12.1 Å². The van der Waals surface area contributed by atoms with Crippen LogP contribution in [0.3, 0.4) is 0 Å². The molecule has 0 spiro atoms. The highest BCUT2D eigenvalue weighted by atomic mass is 32.2. The maximum absolute atomic E-state index is 11.5. The summed E-state index contributed by atoms with van der Waals surface area (Å²) in [5.74, 6) is 0.647. The van der Waals surface area contributed by atoms with Crippen molar-refractivity contribution in [3.8, 4) is 0 Å². The standard InChI is InChI=1S/C16H26N2O2S/c1-4-17-16-9-10-18(11-13(16)2)12-14-5-7-15(8-6-14)21(3,19)20/h5-8,13,16-17H,4,9-12H2,1-3H3. The second kappa shape index (κ2) is 6.90. The summed E-state index contributed by atoms with van der Waals surface area (Å²) in [4.78, 5) is 2.85. The molecular formula is C16H26N2O2S. The summed E-state index contributed by atoms with van der Waals surface area (Å²) in [7, 11) is -3.10. The van der Waals surface area contributed by atoms with E-state index in [1.54, 1.807) is 12.1 Å². The molecule has 1 heterocycles. The van der Waals surface area contributed by atoms with E-state index in [4.69, 9.17) is 0 Å². The Morgan fingerprint density at radius 3 is 2.48 bits per heavy atom. The van der Waals surface area contributed by atoms with Crippen molar-refractivity contribution >= 4 is 9.84 Å². The molecule has 0 amide bonds. The van der Waals surface area contributed by atoms with Crippen molar-refractivity contribution in [2.45, 2.75) is 37.8 Å². The van der Waals surface area contributed by atoms with Gasteiger partial charge in [-0.05, 0) is 43.1 Å². The van der Waals surface area contributed by atoms with Crippen LogP contribution in [0.2, 0.25) is 0 Å². The third-order valence-electron chi connectivity index (χ3n) is 4.21. The maximum Gasteiger partial charge on any atom is 0.175 e. The van der Waals surface area contributed by atoms with E-state index in [0.717, 1.165) is 26.2 Å². The van der Waals surface area contributed by atoms with Crippen LogP contribution in [0.25, 0.3) is 0 Å². The van der Waals surface area contributed by atoms with Crippen LogP contribution in [0, 0.1) is 5.92 Å². The predicted octanol–water partition coefficient (Wildman–Crippen LogP) is 1.91. The molecule has 21 heavy (non-hydrogen) atoms. The van der Waals surface area contributed by atoms with Crippen LogP contribution in [-0.2, 0) is 16.4 Å². The van der Waals surface area contributed by atoms with Gasteiger partial charge in [-0.15, -0.1) is 0 Å². The number of hydrogen-bond acceptors (Lipinski definition) is 4. The second-order valence-corrected chi connectivity index (χ2v) is 8.10. The molecule has 1 fully saturated rings. The SMILES string of the molecule is CCNC1CCN(Cc2ccc(S(C)(=O)=O)cc2)CC1C. The summed E-state index contributed by atoms with van der Waals surface area (Å²) in [6.07, 6.45) is 2.42. The van der Waals surface area contributed by atoms with Gasteiger partial charge in [0, 0.05) is 25.4 Å². The molecular weight excluding hydrogens is 284 g/mol. The average Bonchev–Trinajstić information content (AvgIpc) is 2.42. The molecule has 1 aromatic carbocycles. The number of likely N-dealkylation sites (tertiary alicyclic amines) is 1. The van der Waals surface area contributed by atoms with Crippen LogP contribution >= 0.6 is 0 Å². The zero-order valence-corrected chi connectivity index (χ0v) is 14.0. The number of nitrogens with zero attached hydrogens (tertiary/aromatic N) is 1. The molecule has 0 saturated carbocycles. The van der Waals surface area contributed by atoms with Gasteiger partial charge >= 0.3 is 0 Å². The molecule has 1 saturated heterocycles. The number of benzene rings is 1. The molecule has 0 bridgehead atoms. The van der Waals surface area contributed by atoms with Crippen LogP contribution in [0.15, 0.2) is 29.2 Å². The van der Waals surface area contributed by atoms with Gasteiger partial charge in [0.2, 0.25) is 0 Å². The summed E-state index contributed by atoms with van der Waals surface area (Å²) in [6.45, 7) is 8.56. The van der Waals surface area contributed by atoms with Gasteiger partial charge in [-0.2, -0.15) is 0 Å². The molecule has 2 unspecified atom stereocenters. The highest BCUT2D eigenvalue weighted by Gasteiger charge is 2.25. The minimum atomic E-state index is -3.10. The first-order valence-corrected chi connectivity index (χ1v) is 9.54. The van der Waals surface area contributed by atoms with Crippen molar-refractivity contribution < 1.29 is 8.42 Å². The van der Waals surface area contributed by atoms with E-state index in [0.29, 0.717) is 16.9 Å². The Labute approximate surface area is 128 Å². The van der Waals surface area contributed by atoms with Gasteiger partial charge in [0.25, 0.3) is 0 Å². The fourth-order valence-electron chi connectivity index (χ4n) is 3.04. The third kappa shape index (κ3) is 4.53. The summed E-state index contributed by atoms with van der Waals surface area (Å²) >= 11 is 0. The lowest BCUT2D eigenvalue weighted by atomic mass is 9.93. The van der Waals surface area contributed by atoms with Crippen LogP contribution in [0.1, 0.15) is 25.8 Å². The van der Waals surface area contributed by atoms with Gasteiger partial charge in [-0.1, -0.05) is 26.0 Å². The molecule has 0 radical (unpaired) electrons. The lowest BCUT2D eigenvalue weighted by molar-refractivity contribution is 0.142. The largest absolute Gasteiger partial charge is 0.314 e. The highest BCUT2D eigenvalue weighted by Crippen LogP contribution is 2.19. The van der Waals surface area contributed by atoms with Crippen molar-refractivity contribution in [1.82, 2.24) is 10.2 Å². The van der Waals surface area contributed by atoms with Crippen LogP contribution in [0.4, 0.5) is 0 Å². The normalized spacial score (nSPS) is 24.1. The van der Waals surface area contributed by atoms with Crippen LogP contribution in [-0.4, -0.2) is 45.2 Å². The Bertz CT molecular complexity index is 554. The van der Waals surface area contributed by atoms with E-state index < -0.39 is 9.84 Å². The Kier molecular flexibility index (Phi) is 5.41. The van der Waals surface area contributed by atoms with Crippen LogP contribution < -0.4 is 5.32 Å². The van der Waals surface area contributed by atoms with E-state index in [1.165, 1.54) is 18.2 Å². The van der Waals surface area contributed by atoms with E-state index in [-0.39, 0.29) is 0 Å². The lowest BCUT2D eigenvalue weighted by Gasteiger charge is -2.37. The highest BCUT2D eigenvalue weighted by molar-refractivity contribution is 7.90. The lowest BCUT2D eigenvalue weighted by Crippen LogP contribution is -2.47.